The van der Waals surface area contributed by atoms with Gasteiger partial charge in [0.2, 0.25) is 0 Å². The molecule has 1 fully saturated rings. The van der Waals surface area contributed by atoms with Crippen LogP contribution in [-0.4, -0.2) is 53.4 Å². The van der Waals surface area contributed by atoms with E-state index in [0.717, 1.165) is 11.3 Å². The third-order valence-corrected chi connectivity index (χ3v) is 4.24. The molecule has 144 valence electrons. The molecular formula is C19H28N2O5. The van der Waals surface area contributed by atoms with Gasteiger partial charge in [0.05, 0.1) is 19.1 Å². The summed E-state index contributed by atoms with van der Waals surface area (Å²) in [4.78, 5) is 25.0. The molecule has 1 amide bonds. The molecule has 0 saturated carbocycles. The van der Waals surface area contributed by atoms with Crippen molar-refractivity contribution in [2.45, 2.75) is 51.3 Å². The second kappa shape index (κ2) is 7.53. The molecule has 0 unspecified atom stereocenters. The first-order chi connectivity index (χ1) is 12.0. The van der Waals surface area contributed by atoms with Gasteiger partial charge in [0, 0.05) is 19.1 Å². The number of carbonyl (C=O) groups is 2. The van der Waals surface area contributed by atoms with Crippen molar-refractivity contribution in [3.8, 4) is 5.75 Å². The fourth-order valence-electron chi connectivity index (χ4n) is 3.14. The molecule has 0 aromatic heterocycles. The van der Waals surface area contributed by atoms with Gasteiger partial charge in [-0.2, -0.15) is 0 Å². The maximum absolute atomic E-state index is 12.2. The molecule has 2 N–H and O–H groups in total. The van der Waals surface area contributed by atoms with Gasteiger partial charge in [-0.15, -0.1) is 0 Å². The van der Waals surface area contributed by atoms with Gasteiger partial charge in [-0.3, -0.25) is 4.79 Å². The maximum Gasteiger partial charge on any atom is 0.410 e. The normalized spacial score (nSPS) is 17.2. The number of carboxylic acids is 1. The smallest absolute Gasteiger partial charge is 0.410 e. The number of aliphatic carboxylic acids is 1. The Hall–Kier alpha value is -2.28. The predicted molar refractivity (Wildman–Crippen MR) is 97.3 cm³/mol. The van der Waals surface area contributed by atoms with Crippen LogP contribution in [0, 0.1) is 0 Å². The number of nitrogens with one attached hydrogen (secondary N) is 1. The number of rotatable bonds is 6. The monoisotopic (exact) mass is 364 g/mol. The fraction of sp³-hybridized carbons (Fsp3) is 0.579. The number of methoxy groups -OCH3 is 1. The molecule has 1 aromatic rings. The summed E-state index contributed by atoms with van der Waals surface area (Å²) < 4.78 is 10.6. The average molecular weight is 364 g/mol. The zero-order valence-electron chi connectivity index (χ0n) is 16.0. The summed E-state index contributed by atoms with van der Waals surface area (Å²) in [6, 6.07) is 7.53. The topological polar surface area (TPSA) is 88.1 Å². The lowest BCUT2D eigenvalue weighted by atomic mass is 9.85. The molecule has 1 aliphatic rings. The molecule has 7 nitrogen and oxygen atoms in total. The van der Waals surface area contributed by atoms with E-state index in [9.17, 15) is 14.7 Å². The van der Waals surface area contributed by atoms with Crippen molar-refractivity contribution in [3.05, 3.63) is 29.8 Å². The minimum Gasteiger partial charge on any atom is -0.497 e. The number of nitrogens with zero attached hydrogens (tertiary/aromatic N) is 1. The van der Waals surface area contributed by atoms with Crippen LogP contribution in [0.1, 0.15) is 45.7 Å². The van der Waals surface area contributed by atoms with Gasteiger partial charge in [-0.05, 0) is 45.4 Å². The lowest BCUT2D eigenvalue weighted by Gasteiger charge is -2.51. The Kier molecular flexibility index (Phi) is 5.81. The highest BCUT2D eigenvalue weighted by Crippen LogP contribution is 2.30. The molecule has 1 heterocycles. The zero-order chi connectivity index (χ0) is 19.5. The molecule has 0 bridgehead atoms. The Morgan fingerprint density at radius 2 is 2.00 bits per heavy atom. The zero-order valence-corrected chi connectivity index (χ0v) is 16.0. The van der Waals surface area contributed by atoms with E-state index in [-0.39, 0.29) is 12.5 Å². The fourth-order valence-corrected chi connectivity index (χ4v) is 3.14. The van der Waals surface area contributed by atoms with Crippen molar-refractivity contribution in [2.24, 2.45) is 0 Å². The van der Waals surface area contributed by atoms with Gasteiger partial charge in [0.25, 0.3) is 0 Å². The Labute approximate surface area is 154 Å². The van der Waals surface area contributed by atoms with Crippen LogP contribution in [0.15, 0.2) is 24.3 Å². The highest BCUT2D eigenvalue weighted by Gasteiger charge is 2.48. The van der Waals surface area contributed by atoms with Crippen molar-refractivity contribution in [1.82, 2.24) is 10.2 Å². The van der Waals surface area contributed by atoms with E-state index in [0.29, 0.717) is 13.1 Å². The van der Waals surface area contributed by atoms with Gasteiger partial charge < -0.3 is 24.8 Å². The summed E-state index contributed by atoms with van der Waals surface area (Å²) in [5.41, 5.74) is -0.265. The Morgan fingerprint density at radius 3 is 2.54 bits per heavy atom. The first-order valence-electron chi connectivity index (χ1n) is 8.65. The largest absolute Gasteiger partial charge is 0.497 e. The lowest BCUT2D eigenvalue weighted by molar-refractivity contribution is -0.141. The molecule has 2 rings (SSSR count). The first kappa shape index (κ1) is 20.0. The Morgan fingerprint density at radius 1 is 1.35 bits per heavy atom. The summed E-state index contributed by atoms with van der Waals surface area (Å²) in [6.45, 7) is 7.97. The van der Waals surface area contributed by atoms with E-state index < -0.39 is 23.2 Å². The van der Waals surface area contributed by atoms with Crippen LogP contribution in [0.2, 0.25) is 0 Å². The quantitative estimate of drug-likeness (QED) is 0.807. The van der Waals surface area contributed by atoms with Crippen molar-refractivity contribution in [2.75, 3.05) is 20.2 Å². The number of carboxylic acid groups (broad SMARTS) is 1. The van der Waals surface area contributed by atoms with Gasteiger partial charge in [0.15, 0.2) is 0 Å². The number of likely N-dealkylation sites (tertiary alicyclic amines) is 1. The van der Waals surface area contributed by atoms with Crippen LogP contribution in [0.5, 0.6) is 5.75 Å². The number of benzene rings is 1. The number of ether oxygens (including phenoxy) is 2. The maximum atomic E-state index is 12.2. The van der Waals surface area contributed by atoms with E-state index in [4.69, 9.17) is 9.47 Å². The van der Waals surface area contributed by atoms with Crippen LogP contribution in [0.25, 0.3) is 0 Å². The SMILES string of the molecule is COc1cccc([C@H](C)NC2(CC(=O)O)CN(C(=O)OC(C)(C)C)C2)c1. The summed E-state index contributed by atoms with van der Waals surface area (Å²) >= 11 is 0. The number of hydrogen-bond acceptors (Lipinski definition) is 5. The minimum absolute atomic E-state index is 0.0688. The first-order valence-corrected chi connectivity index (χ1v) is 8.65. The average Bonchev–Trinajstić information content (AvgIpc) is 2.49. The van der Waals surface area contributed by atoms with Crippen LogP contribution in [-0.2, 0) is 9.53 Å². The summed E-state index contributed by atoms with van der Waals surface area (Å²) in [7, 11) is 1.60. The van der Waals surface area contributed by atoms with E-state index in [2.05, 4.69) is 5.32 Å². The highest BCUT2D eigenvalue weighted by atomic mass is 16.6. The molecule has 26 heavy (non-hydrogen) atoms. The van der Waals surface area contributed by atoms with E-state index >= 15 is 0 Å². The summed E-state index contributed by atoms with van der Waals surface area (Å²) in [6.07, 6.45) is -0.491. The minimum atomic E-state index is -0.904. The van der Waals surface area contributed by atoms with Crippen LogP contribution >= 0.6 is 0 Å². The number of carbonyl (C=O) groups excluding carboxylic acids is 1. The van der Waals surface area contributed by atoms with Crippen LogP contribution < -0.4 is 10.1 Å². The van der Waals surface area contributed by atoms with Gasteiger partial charge in [-0.1, -0.05) is 12.1 Å². The molecule has 1 aromatic carbocycles. The number of hydrogen-bond donors (Lipinski definition) is 2. The molecule has 1 saturated heterocycles. The van der Waals surface area contributed by atoms with Crippen molar-refractivity contribution < 1.29 is 24.2 Å². The standard InChI is InChI=1S/C19H28N2O5/c1-13(14-7-6-8-15(9-14)25-5)20-19(10-16(22)23)11-21(12-19)17(24)26-18(2,3)4/h6-9,13,20H,10-12H2,1-5H3,(H,22,23)/t13-/m0/s1. The van der Waals surface area contributed by atoms with Gasteiger partial charge in [-0.25, -0.2) is 4.79 Å². The summed E-state index contributed by atoms with van der Waals surface area (Å²) in [5.74, 6) is -0.161. The molecule has 0 aliphatic carbocycles. The van der Waals surface area contributed by atoms with Gasteiger partial charge in [0.1, 0.15) is 11.4 Å². The highest BCUT2D eigenvalue weighted by molar-refractivity contribution is 5.73. The Bertz CT molecular complexity index is 662. The third-order valence-electron chi connectivity index (χ3n) is 4.24. The molecule has 0 spiro atoms. The second-order valence-corrected chi connectivity index (χ2v) is 7.83. The third kappa shape index (κ3) is 5.11. The predicted octanol–water partition coefficient (Wildman–Crippen LogP) is 2.81. The lowest BCUT2D eigenvalue weighted by Crippen LogP contribution is -2.71. The van der Waals surface area contributed by atoms with E-state index in [1.54, 1.807) is 27.9 Å². The molecular weight excluding hydrogens is 336 g/mol. The van der Waals surface area contributed by atoms with Gasteiger partial charge >= 0.3 is 12.1 Å². The molecule has 0 radical (unpaired) electrons. The molecule has 7 heteroatoms. The Balaban J connectivity index is 2.06. The van der Waals surface area contributed by atoms with Crippen LogP contribution in [0.3, 0.4) is 0 Å². The second-order valence-electron chi connectivity index (χ2n) is 7.83. The van der Waals surface area contributed by atoms with E-state index in [1.807, 2.05) is 31.2 Å². The molecule has 1 aliphatic heterocycles. The van der Waals surface area contributed by atoms with Crippen molar-refractivity contribution in [1.29, 1.82) is 0 Å². The van der Waals surface area contributed by atoms with Crippen LogP contribution in [0.4, 0.5) is 4.79 Å². The van der Waals surface area contributed by atoms with Crippen molar-refractivity contribution >= 4 is 12.1 Å². The summed E-state index contributed by atoms with van der Waals surface area (Å²) in [5, 5.41) is 12.7. The molecule has 1 atom stereocenters. The van der Waals surface area contributed by atoms with E-state index in [1.165, 1.54) is 4.90 Å². The number of amides is 1. The van der Waals surface area contributed by atoms with Crippen molar-refractivity contribution in [3.63, 3.8) is 0 Å².